The van der Waals surface area contributed by atoms with E-state index in [-0.39, 0.29) is 0 Å². The average molecular weight is 166 g/mol. The van der Waals surface area contributed by atoms with Gasteiger partial charge >= 0.3 is 0 Å². The molecule has 0 atom stereocenters. The van der Waals surface area contributed by atoms with Crippen molar-refractivity contribution >= 4 is 5.69 Å². The Balaban J connectivity index is 2.84. The minimum Gasteiger partial charge on any atom is -0.497 e. The van der Waals surface area contributed by atoms with Crippen LogP contribution in [0.4, 0.5) is 5.69 Å². The first-order valence-electron chi connectivity index (χ1n) is 3.49. The van der Waals surface area contributed by atoms with E-state index in [1.54, 1.807) is 38.4 Å². The van der Waals surface area contributed by atoms with Gasteiger partial charge in [-0.15, -0.1) is 4.91 Å². The van der Waals surface area contributed by atoms with E-state index in [1.807, 2.05) is 0 Å². The van der Waals surface area contributed by atoms with Crippen LogP contribution in [0.5, 0.6) is 5.75 Å². The lowest BCUT2D eigenvalue weighted by Crippen LogP contribution is -2.05. The number of methoxy groups -OCH3 is 1. The second kappa shape index (κ2) is 3.71. The van der Waals surface area contributed by atoms with Gasteiger partial charge < -0.3 is 4.74 Å². The Morgan fingerprint density at radius 2 is 1.92 bits per heavy atom. The minimum absolute atomic E-state index is 0.741. The third-order valence-electron chi connectivity index (χ3n) is 1.57. The first-order valence-corrected chi connectivity index (χ1v) is 3.49. The van der Waals surface area contributed by atoms with Crippen molar-refractivity contribution in [2.45, 2.75) is 0 Å². The summed E-state index contributed by atoms with van der Waals surface area (Å²) in [5.41, 5.74) is 0.741. The number of hydrogen-bond acceptors (Lipinski definition) is 3. The number of nitroso groups, excluding NO2 is 1. The molecule has 1 rings (SSSR count). The topological polar surface area (TPSA) is 41.9 Å². The van der Waals surface area contributed by atoms with Gasteiger partial charge in [-0.2, -0.15) is 0 Å². The van der Waals surface area contributed by atoms with Gasteiger partial charge in [0, 0.05) is 7.05 Å². The fraction of sp³-hybridized carbons (Fsp3) is 0.250. The van der Waals surface area contributed by atoms with E-state index in [0.29, 0.717) is 0 Å². The maximum absolute atomic E-state index is 10.1. The molecule has 0 unspecified atom stereocenters. The van der Waals surface area contributed by atoms with Crippen LogP contribution in [0.2, 0.25) is 0 Å². The molecule has 0 fully saturated rings. The molecule has 0 aliphatic carbocycles. The molecule has 0 amide bonds. The van der Waals surface area contributed by atoms with E-state index in [2.05, 4.69) is 5.29 Å². The van der Waals surface area contributed by atoms with Crippen LogP contribution in [0.25, 0.3) is 0 Å². The van der Waals surface area contributed by atoms with Crippen molar-refractivity contribution in [3.63, 3.8) is 0 Å². The quantitative estimate of drug-likeness (QED) is 0.508. The molecule has 1 aromatic rings. The lowest BCUT2D eigenvalue weighted by molar-refractivity contribution is 0.415. The molecule has 0 saturated heterocycles. The standard InChI is InChI=1S/C8H10N2O2/c1-10(9-11)7-3-5-8(12-2)6-4-7/h3-6H,1-2H3. The Bertz CT molecular complexity index is 258. The van der Waals surface area contributed by atoms with Gasteiger partial charge in [-0.25, -0.2) is 5.01 Å². The number of anilines is 1. The highest BCUT2D eigenvalue weighted by atomic mass is 16.5. The summed E-state index contributed by atoms with van der Waals surface area (Å²) in [6.45, 7) is 0. The van der Waals surface area contributed by atoms with Crippen LogP contribution in [-0.4, -0.2) is 14.2 Å². The Morgan fingerprint density at radius 1 is 1.33 bits per heavy atom. The molecule has 1 aromatic carbocycles. The van der Waals surface area contributed by atoms with E-state index >= 15 is 0 Å². The fourth-order valence-corrected chi connectivity index (χ4v) is 0.845. The van der Waals surface area contributed by atoms with Crippen LogP contribution in [0.3, 0.4) is 0 Å². The van der Waals surface area contributed by atoms with Crippen molar-refractivity contribution < 1.29 is 4.74 Å². The van der Waals surface area contributed by atoms with E-state index < -0.39 is 0 Å². The zero-order valence-corrected chi connectivity index (χ0v) is 7.02. The monoisotopic (exact) mass is 166 g/mol. The van der Waals surface area contributed by atoms with Crippen LogP contribution < -0.4 is 9.75 Å². The maximum atomic E-state index is 10.1. The summed E-state index contributed by atoms with van der Waals surface area (Å²) in [4.78, 5) is 10.1. The Hall–Kier alpha value is -1.58. The van der Waals surface area contributed by atoms with Gasteiger partial charge in [-0.3, -0.25) is 0 Å². The molecule has 64 valence electrons. The lowest BCUT2D eigenvalue weighted by atomic mass is 10.3. The first kappa shape index (κ1) is 8.52. The highest BCUT2D eigenvalue weighted by molar-refractivity contribution is 5.47. The minimum atomic E-state index is 0.741. The first-order chi connectivity index (χ1) is 5.77. The molecule has 12 heavy (non-hydrogen) atoms. The summed E-state index contributed by atoms with van der Waals surface area (Å²) < 4.78 is 4.96. The van der Waals surface area contributed by atoms with Gasteiger partial charge in [-0.05, 0) is 24.3 Å². The molecule has 4 heteroatoms. The van der Waals surface area contributed by atoms with Gasteiger partial charge in [0.2, 0.25) is 0 Å². The summed E-state index contributed by atoms with van der Waals surface area (Å²) in [5.74, 6) is 0.762. The smallest absolute Gasteiger partial charge is 0.119 e. The van der Waals surface area contributed by atoms with Crippen molar-refractivity contribution in [2.24, 2.45) is 5.29 Å². The van der Waals surface area contributed by atoms with Crippen molar-refractivity contribution in [3.05, 3.63) is 29.2 Å². The molecule has 0 N–H and O–H groups in total. The molecule has 0 radical (unpaired) electrons. The molecule has 0 heterocycles. The van der Waals surface area contributed by atoms with E-state index in [4.69, 9.17) is 4.74 Å². The van der Waals surface area contributed by atoms with Crippen LogP contribution in [-0.2, 0) is 0 Å². The predicted octanol–water partition coefficient (Wildman–Crippen LogP) is 1.81. The molecule has 0 bridgehead atoms. The Kier molecular flexibility index (Phi) is 2.63. The second-order valence-electron chi connectivity index (χ2n) is 2.30. The number of nitrogens with zero attached hydrogens (tertiary/aromatic N) is 2. The van der Waals surface area contributed by atoms with Crippen molar-refractivity contribution in [2.75, 3.05) is 19.2 Å². The van der Waals surface area contributed by atoms with E-state index in [0.717, 1.165) is 11.4 Å². The number of rotatable bonds is 3. The SMILES string of the molecule is COc1ccc(N(C)N=O)cc1. The van der Waals surface area contributed by atoms with Gasteiger partial charge in [0.15, 0.2) is 0 Å². The molecule has 0 spiro atoms. The maximum Gasteiger partial charge on any atom is 0.119 e. The van der Waals surface area contributed by atoms with Gasteiger partial charge in [0.25, 0.3) is 0 Å². The Morgan fingerprint density at radius 3 is 2.33 bits per heavy atom. The predicted molar refractivity (Wildman–Crippen MR) is 47.2 cm³/mol. The van der Waals surface area contributed by atoms with Crippen LogP contribution in [0.1, 0.15) is 0 Å². The summed E-state index contributed by atoms with van der Waals surface area (Å²) in [6.07, 6.45) is 0. The molecule has 0 saturated carbocycles. The number of benzene rings is 1. The summed E-state index contributed by atoms with van der Waals surface area (Å²) in [6, 6.07) is 7.08. The largest absolute Gasteiger partial charge is 0.497 e. The summed E-state index contributed by atoms with van der Waals surface area (Å²) in [7, 11) is 3.19. The molecular weight excluding hydrogens is 156 g/mol. The van der Waals surface area contributed by atoms with Crippen molar-refractivity contribution in [1.29, 1.82) is 0 Å². The number of hydrogen-bond donors (Lipinski definition) is 0. The molecule has 0 aromatic heterocycles. The lowest BCUT2D eigenvalue weighted by Gasteiger charge is -2.08. The van der Waals surface area contributed by atoms with E-state index in [1.165, 1.54) is 5.01 Å². The molecular formula is C8H10N2O2. The molecule has 4 nitrogen and oxygen atoms in total. The normalized spacial score (nSPS) is 9.17. The van der Waals surface area contributed by atoms with E-state index in [9.17, 15) is 4.91 Å². The van der Waals surface area contributed by atoms with Gasteiger partial charge in [0.1, 0.15) is 5.75 Å². The van der Waals surface area contributed by atoms with Crippen molar-refractivity contribution in [3.8, 4) is 5.75 Å². The number of ether oxygens (including phenoxy) is 1. The van der Waals surface area contributed by atoms with Crippen LogP contribution in [0, 0.1) is 4.91 Å². The van der Waals surface area contributed by atoms with Gasteiger partial charge in [0.05, 0.1) is 18.1 Å². The fourth-order valence-electron chi connectivity index (χ4n) is 0.845. The van der Waals surface area contributed by atoms with Crippen LogP contribution >= 0.6 is 0 Å². The molecule has 0 aliphatic rings. The van der Waals surface area contributed by atoms with Gasteiger partial charge in [-0.1, -0.05) is 0 Å². The second-order valence-corrected chi connectivity index (χ2v) is 2.30. The summed E-state index contributed by atoms with van der Waals surface area (Å²) >= 11 is 0. The third kappa shape index (κ3) is 1.72. The Labute approximate surface area is 70.7 Å². The van der Waals surface area contributed by atoms with Crippen LogP contribution in [0.15, 0.2) is 29.6 Å². The summed E-state index contributed by atoms with van der Waals surface area (Å²) in [5, 5.41) is 4.01. The average Bonchev–Trinajstić information content (AvgIpc) is 2.17. The zero-order chi connectivity index (χ0) is 8.97. The third-order valence-corrected chi connectivity index (χ3v) is 1.57. The highest BCUT2D eigenvalue weighted by Gasteiger charge is 1.98. The molecule has 0 aliphatic heterocycles. The zero-order valence-electron chi connectivity index (χ0n) is 7.02. The van der Waals surface area contributed by atoms with Crippen molar-refractivity contribution in [1.82, 2.24) is 0 Å². The highest BCUT2D eigenvalue weighted by Crippen LogP contribution is 2.17.